The first-order valence-electron chi connectivity index (χ1n) is 1.00. The van der Waals surface area contributed by atoms with E-state index < -0.39 is 0 Å². The fourth-order valence-electron chi connectivity index (χ4n) is 0.0340. The van der Waals surface area contributed by atoms with Crippen LogP contribution in [0.15, 0.2) is 0 Å². The van der Waals surface area contributed by atoms with Gasteiger partial charge in [0.15, 0.2) is 0 Å². The van der Waals surface area contributed by atoms with Crippen molar-refractivity contribution < 1.29 is 138 Å². The van der Waals surface area contributed by atoms with E-state index >= 15 is 0 Å². The molecule has 0 aliphatic carbocycles. The zero-order chi connectivity index (χ0) is 5.54. The fraction of sp³-hybridized carbons (Fsp3) is 0. The number of rotatable bonds is 4. The van der Waals surface area contributed by atoms with Crippen molar-refractivity contribution in [3.8, 4) is 0 Å². The molecule has 0 aliphatic heterocycles. The van der Waals surface area contributed by atoms with Gasteiger partial charge in [0.05, 0.1) is 0 Å². The molecule has 0 aromatic carbocycles. The van der Waals surface area contributed by atoms with Crippen LogP contribution in [0.3, 0.4) is 0 Å². The molecule has 0 spiro atoms. The van der Waals surface area contributed by atoms with Crippen molar-refractivity contribution in [1.82, 2.24) is 0 Å². The Labute approximate surface area is 135 Å². The van der Waals surface area contributed by atoms with Crippen molar-refractivity contribution in [2.24, 2.45) is 0 Å². The van der Waals surface area contributed by atoms with Gasteiger partial charge in [-0.1, -0.05) is 0 Å². The van der Waals surface area contributed by atoms with E-state index in [0.29, 0.717) is 0 Å². The van der Waals surface area contributed by atoms with Crippen LogP contribution in [0.2, 0.25) is 0 Å². The first-order valence-corrected chi connectivity index (χ1v) is 1.00. The Hall–Kier alpha value is 2.99. The molecular weight excluding hydrogens is 190 g/mol. The van der Waals surface area contributed by atoms with Gasteiger partial charge in [-0.2, -0.15) is 0 Å². The minimum atomic E-state index is 0. The third-order valence-electron chi connectivity index (χ3n) is 0.111. The van der Waals surface area contributed by atoms with Crippen LogP contribution < -0.4 is 113 Å². The second-order valence-corrected chi connectivity index (χ2v) is 0.340. The van der Waals surface area contributed by atoms with Gasteiger partial charge in [0.1, 0.15) is 0 Å². The molecule has 0 atom stereocenters. The van der Waals surface area contributed by atoms with Crippen LogP contribution in [0.5, 0.6) is 0 Å². The van der Waals surface area contributed by atoms with Crippen molar-refractivity contribution in [2.45, 2.75) is 0 Å². The summed E-state index contributed by atoms with van der Waals surface area (Å²) in [5.41, 5.74) is 0. The largest absolute Gasteiger partial charge is 1.00 e. The van der Waals surface area contributed by atoms with E-state index in [1.54, 1.807) is 0 Å². The molecule has 0 aromatic rings. The Bertz CT molecular complexity index is 26.1. The predicted molar refractivity (Wildman–Crippen MR) is 5.42 cm³/mol. The summed E-state index contributed by atoms with van der Waals surface area (Å²) in [5, 5.41) is 31.5. The molecule has 7 nitrogen and oxygen atoms in total. The molecule has 0 heterocycles. The van der Waals surface area contributed by atoms with Crippen LogP contribution in [0.4, 0.5) is 0 Å². The monoisotopic (exact) mass is 190 g/mol. The average Bonchev–Trinajstić information content (AvgIpc) is 1.69. The molecule has 0 saturated carbocycles. The Morgan fingerprint density at radius 3 is 1.22 bits per heavy atom. The smallest absolute Gasteiger partial charge is 0.689 e. The topological polar surface area (TPSA) is 92.3 Å². The minimum Gasteiger partial charge on any atom is -0.689 e. The van der Waals surface area contributed by atoms with Crippen molar-refractivity contribution in [3.63, 3.8) is 0 Å². The molecule has 0 aliphatic rings. The van der Waals surface area contributed by atoms with E-state index in [0.717, 1.165) is 0 Å². The molecule has 0 aromatic heterocycles. The summed E-state index contributed by atoms with van der Waals surface area (Å²) in [4.78, 5) is 0. The van der Waals surface area contributed by atoms with Crippen LogP contribution in [0.25, 0.3) is 0 Å². The molecule has 0 radical (unpaired) electrons. The Kier molecular flexibility index (Phi) is 34.2. The van der Waals surface area contributed by atoms with Crippen molar-refractivity contribution in [1.29, 1.82) is 0 Å². The van der Waals surface area contributed by atoms with E-state index in [-0.39, 0.29) is 103 Å². The van der Waals surface area contributed by atoms with E-state index in [2.05, 4.69) is 25.2 Å². The summed E-state index contributed by atoms with van der Waals surface area (Å²) in [5.74, 6) is 0. The third kappa shape index (κ3) is 18.2. The number of hydrogen-bond donors (Lipinski definition) is 0. The van der Waals surface area contributed by atoms with Crippen LogP contribution in [-0.4, -0.2) is 0 Å². The quantitative estimate of drug-likeness (QED) is 0.188. The van der Waals surface area contributed by atoms with Crippen LogP contribution in [0.1, 0.15) is 0 Å². The van der Waals surface area contributed by atoms with Crippen LogP contribution in [-0.2, 0) is 25.2 Å². The molecule has 9 heavy (non-hydrogen) atoms. The van der Waals surface area contributed by atoms with Gasteiger partial charge in [0, 0.05) is 0 Å². The normalized spacial score (nSPS) is 7.33. The van der Waals surface area contributed by atoms with Gasteiger partial charge in [-0.05, 0) is 15.1 Å². The van der Waals surface area contributed by atoms with Gasteiger partial charge in [0.2, 0.25) is 0 Å². The summed E-state index contributed by atoms with van der Waals surface area (Å²) in [6.45, 7) is 0. The summed E-state index contributed by atoms with van der Waals surface area (Å²) in [6, 6.07) is 0. The SMILES string of the molecule is [K+].[K+].[O-]OOOOO[O-]. The van der Waals surface area contributed by atoms with Gasteiger partial charge >= 0.3 is 103 Å². The van der Waals surface area contributed by atoms with Gasteiger partial charge in [-0.3, -0.25) is 10.1 Å². The zero-order valence-electron chi connectivity index (χ0n) is 4.86. The second-order valence-electron chi connectivity index (χ2n) is 0.340. The van der Waals surface area contributed by atoms with E-state index in [1.807, 2.05) is 0 Å². The summed E-state index contributed by atoms with van der Waals surface area (Å²) in [7, 11) is 0. The van der Waals surface area contributed by atoms with Crippen molar-refractivity contribution >= 4 is 0 Å². The fourth-order valence-corrected chi connectivity index (χ4v) is 0.0340. The summed E-state index contributed by atoms with van der Waals surface area (Å²) in [6.07, 6.45) is 0. The molecule has 0 unspecified atom stereocenters. The maximum Gasteiger partial charge on any atom is 1.00 e. The molecule has 9 heteroatoms. The van der Waals surface area contributed by atoms with E-state index in [4.69, 9.17) is 10.5 Å². The van der Waals surface area contributed by atoms with Crippen LogP contribution >= 0.6 is 0 Å². The maximum absolute atomic E-state index is 8.72. The maximum atomic E-state index is 8.72. The first kappa shape index (κ1) is 17.9. The van der Waals surface area contributed by atoms with Gasteiger partial charge in [-0.25, -0.2) is 0 Å². The molecule has 0 saturated heterocycles. The van der Waals surface area contributed by atoms with E-state index in [1.165, 1.54) is 0 Å². The predicted octanol–water partition coefficient (Wildman–Crippen LogP) is -8.71. The van der Waals surface area contributed by atoms with Gasteiger partial charge in [-0.15, -0.1) is 0 Å². The Morgan fingerprint density at radius 2 is 1.00 bits per heavy atom. The third-order valence-corrected chi connectivity index (χ3v) is 0.111. The molecule has 44 valence electrons. The first-order chi connectivity index (χ1) is 3.41. The van der Waals surface area contributed by atoms with Crippen LogP contribution in [0, 0.1) is 0 Å². The standard InChI is InChI=1S/2K.H2O7/c;;1-3-5-7-6-4-2/h;;1-2H/q2*+1;/p-2. The molecule has 0 fully saturated rings. The average molecular weight is 190 g/mol. The van der Waals surface area contributed by atoms with Crippen molar-refractivity contribution in [3.05, 3.63) is 0 Å². The van der Waals surface area contributed by atoms with E-state index in [9.17, 15) is 0 Å². The van der Waals surface area contributed by atoms with Gasteiger partial charge < -0.3 is 10.5 Å². The Morgan fingerprint density at radius 1 is 0.667 bits per heavy atom. The molecular formula is K2O7. The molecule has 0 N–H and O–H groups in total. The molecule has 0 bridgehead atoms. The zero-order valence-corrected chi connectivity index (χ0v) is 11.1. The second kappa shape index (κ2) is 17.2. The summed E-state index contributed by atoms with van der Waals surface area (Å²) >= 11 is 0. The molecule has 0 rings (SSSR count). The van der Waals surface area contributed by atoms with Gasteiger partial charge in [0.25, 0.3) is 0 Å². The molecule has 0 amide bonds. The Balaban J connectivity index is -0.000000180. The summed E-state index contributed by atoms with van der Waals surface area (Å²) < 4.78 is 0. The minimum absolute atomic E-state index is 0. The van der Waals surface area contributed by atoms with Crippen molar-refractivity contribution in [2.75, 3.05) is 0 Å². The number of hydrogen-bond acceptors (Lipinski definition) is 7.